The Morgan fingerprint density at radius 2 is 1.79 bits per heavy atom. The van der Waals surface area contributed by atoms with Crippen molar-refractivity contribution >= 4 is 11.7 Å². The lowest BCUT2D eigenvalue weighted by Gasteiger charge is -2.12. The number of benzene rings is 1. The van der Waals surface area contributed by atoms with Crippen molar-refractivity contribution in [3.05, 3.63) is 48.2 Å². The Bertz CT molecular complexity index is 576. The molecule has 0 unspecified atom stereocenters. The second-order valence-corrected chi connectivity index (χ2v) is 4.57. The van der Waals surface area contributed by atoms with E-state index in [-0.39, 0.29) is 6.03 Å². The van der Waals surface area contributed by atoms with Crippen molar-refractivity contribution in [2.24, 2.45) is 0 Å². The first-order valence-electron chi connectivity index (χ1n) is 6.08. The first-order valence-corrected chi connectivity index (χ1v) is 6.08. The monoisotopic (exact) mass is 255 g/mol. The summed E-state index contributed by atoms with van der Waals surface area (Å²) in [6.07, 6.45) is 0. The number of anilines is 1. The fourth-order valence-electron chi connectivity index (χ4n) is 1.66. The molecule has 4 nitrogen and oxygen atoms in total. The van der Waals surface area contributed by atoms with Gasteiger partial charge in [0.15, 0.2) is 0 Å². The number of hydrogen-bond donors (Lipinski definition) is 1. The molecule has 2 rings (SSSR count). The molecule has 0 bridgehead atoms. The Hall–Kier alpha value is -2.36. The van der Waals surface area contributed by atoms with Crippen LogP contribution in [0.1, 0.15) is 5.69 Å². The molecule has 1 heterocycles. The van der Waals surface area contributed by atoms with E-state index in [2.05, 4.69) is 10.3 Å². The molecule has 0 aliphatic carbocycles. The third kappa shape index (κ3) is 3.31. The summed E-state index contributed by atoms with van der Waals surface area (Å²) in [4.78, 5) is 17.5. The van der Waals surface area contributed by atoms with E-state index in [9.17, 15) is 4.79 Å². The molecule has 4 heteroatoms. The van der Waals surface area contributed by atoms with Gasteiger partial charge in [-0.25, -0.2) is 4.79 Å². The standard InChI is InChI=1S/C15H17N3O/c1-11-5-4-6-14(16-11)12-7-9-13(10-8-12)17-15(19)18(2)3/h4-10H,1-3H3,(H,17,19). The van der Waals surface area contributed by atoms with Gasteiger partial charge < -0.3 is 10.2 Å². The molecule has 1 aromatic heterocycles. The van der Waals surface area contributed by atoms with Crippen LogP contribution in [0.25, 0.3) is 11.3 Å². The highest BCUT2D eigenvalue weighted by Gasteiger charge is 2.04. The van der Waals surface area contributed by atoms with Gasteiger partial charge in [-0.15, -0.1) is 0 Å². The van der Waals surface area contributed by atoms with Crippen molar-refractivity contribution in [1.29, 1.82) is 0 Å². The van der Waals surface area contributed by atoms with Crippen LogP contribution in [-0.2, 0) is 0 Å². The zero-order valence-electron chi connectivity index (χ0n) is 11.3. The Morgan fingerprint density at radius 1 is 1.11 bits per heavy atom. The minimum absolute atomic E-state index is 0.138. The van der Waals surface area contributed by atoms with Crippen LogP contribution >= 0.6 is 0 Å². The lowest BCUT2D eigenvalue weighted by Crippen LogP contribution is -2.27. The van der Waals surface area contributed by atoms with Crippen LogP contribution < -0.4 is 5.32 Å². The van der Waals surface area contributed by atoms with Crippen LogP contribution in [0.4, 0.5) is 10.5 Å². The number of nitrogens with one attached hydrogen (secondary N) is 1. The number of carbonyl (C=O) groups excluding carboxylic acids is 1. The highest BCUT2D eigenvalue weighted by atomic mass is 16.2. The van der Waals surface area contributed by atoms with Gasteiger partial charge in [0.2, 0.25) is 0 Å². The molecule has 1 aromatic carbocycles. The summed E-state index contributed by atoms with van der Waals surface area (Å²) in [5, 5.41) is 2.80. The summed E-state index contributed by atoms with van der Waals surface area (Å²) in [7, 11) is 3.42. The molecule has 98 valence electrons. The van der Waals surface area contributed by atoms with Crippen LogP contribution in [-0.4, -0.2) is 30.0 Å². The second kappa shape index (κ2) is 5.52. The summed E-state index contributed by atoms with van der Waals surface area (Å²) in [6.45, 7) is 1.97. The molecule has 0 aliphatic heterocycles. The fourth-order valence-corrected chi connectivity index (χ4v) is 1.66. The molecule has 0 aliphatic rings. The van der Waals surface area contributed by atoms with E-state index in [0.717, 1.165) is 22.6 Å². The van der Waals surface area contributed by atoms with Gasteiger partial charge >= 0.3 is 6.03 Å². The number of rotatable bonds is 2. The number of aryl methyl sites for hydroxylation is 1. The lowest BCUT2D eigenvalue weighted by molar-refractivity contribution is 0.230. The van der Waals surface area contributed by atoms with Crippen LogP contribution in [0.15, 0.2) is 42.5 Å². The van der Waals surface area contributed by atoms with E-state index in [1.165, 1.54) is 4.90 Å². The fraction of sp³-hybridized carbons (Fsp3) is 0.200. The van der Waals surface area contributed by atoms with Gasteiger partial charge in [-0.05, 0) is 31.2 Å². The Morgan fingerprint density at radius 3 is 2.37 bits per heavy atom. The number of amides is 2. The molecule has 2 aromatic rings. The third-order valence-electron chi connectivity index (χ3n) is 2.73. The predicted octanol–water partition coefficient (Wildman–Crippen LogP) is 3.15. The van der Waals surface area contributed by atoms with Gasteiger partial charge in [-0.1, -0.05) is 18.2 Å². The minimum atomic E-state index is -0.138. The normalized spacial score (nSPS) is 10.1. The molecule has 0 spiro atoms. The molecule has 0 fully saturated rings. The highest BCUT2D eigenvalue weighted by Crippen LogP contribution is 2.19. The van der Waals surface area contributed by atoms with E-state index in [1.54, 1.807) is 14.1 Å². The topological polar surface area (TPSA) is 45.2 Å². The van der Waals surface area contributed by atoms with Crippen molar-refractivity contribution in [2.75, 3.05) is 19.4 Å². The molecular formula is C15H17N3O. The number of aromatic nitrogens is 1. The van der Waals surface area contributed by atoms with Crippen molar-refractivity contribution in [3.63, 3.8) is 0 Å². The zero-order valence-corrected chi connectivity index (χ0v) is 11.3. The van der Waals surface area contributed by atoms with Crippen LogP contribution in [0, 0.1) is 6.92 Å². The summed E-state index contributed by atoms with van der Waals surface area (Å²) >= 11 is 0. The van der Waals surface area contributed by atoms with Gasteiger partial charge in [0.1, 0.15) is 0 Å². The summed E-state index contributed by atoms with van der Waals surface area (Å²) < 4.78 is 0. The van der Waals surface area contributed by atoms with Crippen LogP contribution in [0.5, 0.6) is 0 Å². The Balaban J connectivity index is 2.17. The Kier molecular flexibility index (Phi) is 3.80. The van der Waals surface area contributed by atoms with Gasteiger partial charge in [-0.3, -0.25) is 4.98 Å². The SMILES string of the molecule is Cc1cccc(-c2ccc(NC(=O)N(C)C)cc2)n1. The molecule has 0 saturated carbocycles. The number of hydrogen-bond acceptors (Lipinski definition) is 2. The van der Waals surface area contributed by atoms with Gasteiger partial charge in [0, 0.05) is 31.0 Å². The molecular weight excluding hydrogens is 238 g/mol. The van der Waals surface area contributed by atoms with E-state index < -0.39 is 0 Å². The molecule has 0 saturated heterocycles. The lowest BCUT2D eigenvalue weighted by atomic mass is 10.1. The maximum atomic E-state index is 11.5. The number of urea groups is 1. The number of pyridine rings is 1. The molecule has 0 atom stereocenters. The first-order chi connectivity index (χ1) is 9.06. The zero-order chi connectivity index (χ0) is 13.8. The van der Waals surface area contributed by atoms with Crippen molar-refractivity contribution in [1.82, 2.24) is 9.88 Å². The summed E-state index contributed by atoms with van der Waals surface area (Å²) in [6, 6.07) is 13.4. The molecule has 19 heavy (non-hydrogen) atoms. The molecule has 1 N–H and O–H groups in total. The third-order valence-corrected chi connectivity index (χ3v) is 2.73. The van der Waals surface area contributed by atoms with Gasteiger partial charge in [0.25, 0.3) is 0 Å². The number of nitrogens with zero attached hydrogens (tertiary/aromatic N) is 2. The average Bonchev–Trinajstić information content (AvgIpc) is 2.39. The Labute approximate surface area is 113 Å². The van der Waals surface area contributed by atoms with Crippen LogP contribution in [0.3, 0.4) is 0 Å². The van der Waals surface area contributed by atoms with E-state index in [0.29, 0.717) is 0 Å². The average molecular weight is 255 g/mol. The van der Waals surface area contributed by atoms with E-state index in [1.807, 2.05) is 49.4 Å². The summed E-state index contributed by atoms with van der Waals surface area (Å²) in [5.41, 5.74) is 3.73. The quantitative estimate of drug-likeness (QED) is 0.896. The van der Waals surface area contributed by atoms with Crippen LogP contribution in [0.2, 0.25) is 0 Å². The van der Waals surface area contributed by atoms with E-state index >= 15 is 0 Å². The second-order valence-electron chi connectivity index (χ2n) is 4.57. The minimum Gasteiger partial charge on any atom is -0.331 e. The maximum Gasteiger partial charge on any atom is 0.321 e. The largest absolute Gasteiger partial charge is 0.331 e. The molecule has 0 radical (unpaired) electrons. The number of carbonyl (C=O) groups is 1. The van der Waals surface area contributed by atoms with Gasteiger partial charge in [0.05, 0.1) is 5.69 Å². The first kappa shape index (κ1) is 13.1. The van der Waals surface area contributed by atoms with Crippen molar-refractivity contribution in [3.8, 4) is 11.3 Å². The van der Waals surface area contributed by atoms with E-state index in [4.69, 9.17) is 0 Å². The molecule has 2 amide bonds. The maximum absolute atomic E-state index is 11.5. The summed E-state index contributed by atoms with van der Waals surface area (Å²) in [5.74, 6) is 0. The predicted molar refractivity (Wildman–Crippen MR) is 77.1 cm³/mol. The van der Waals surface area contributed by atoms with Gasteiger partial charge in [-0.2, -0.15) is 0 Å². The highest BCUT2D eigenvalue weighted by molar-refractivity contribution is 5.89. The van der Waals surface area contributed by atoms with Crippen molar-refractivity contribution < 1.29 is 4.79 Å². The van der Waals surface area contributed by atoms with Crippen molar-refractivity contribution in [2.45, 2.75) is 6.92 Å². The smallest absolute Gasteiger partial charge is 0.321 e.